The average Bonchev–Trinajstić information content (AvgIpc) is 2.31. The second-order valence-electron chi connectivity index (χ2n) is 3.52. The molecule has 0 aromatic heterocycles. The van der Waals surface area contributed by atoms with Crippen LogP contribution in [0.25, 0.3) is 0 Å². The van der Waals surface area contributed by atoms with E-state index in [0.717, 1.165) is 12.1 Å². The molecule has 0 unspecified atom stereocenters. The molecule has 0 spiro atoms. The van der Waals surface area contributed by atoms with Gasteiger partial charge < -0.3 is 10.4 Å². The van der Waals surface area contributed by atoms with Gasteiger partial charge in [0.1, 0.15) is 0 Å². The molecule has 0 fully saturated rings. The first kappa shape index (κ1) is 14.1. The Hall–Kier alpha value is -1.98. The number of hydrogen-bond acceptors (Lipinski definition) is 2. The summed E-state index contributed by atoms with van der Waals surface area (Å²) in [5, 5.41) is 11.3. The molecular formula is C12H12F3NO2. The lowest BCUT2D eigenvalue weighted by molar-refractivity contribution is -0.132. The normalized spacial score (nSPS) is 11.4. The van der Waals surface area contributed by atoms with Gasteiger partial charge in [0.15, 0.2) is 17.5 Å². The minimum Gasteiger partial charge on any atom is -0.478 e. The monoisotopic (exact) mass is 259 g/mol. The van der Waals surface area contributed by atoms with Crippen molar-refractivity contribution in [1.29, 1.82) is 0 Å². The van der Waals surface area contributed by atoms with Crippen LogP contribution in [0.2, 0.25) is 0 Å². The third-order valence-corrected chi connectivity index (χ3v) is 2.29. The van der Waals surface area contributed by atoms with Crippen molar-refractivity contribution in [2.45, 2.75) is 13.3 Å². The lowest BCUT2D eigenvalue weighted by Gasteiger charge is -2.05. The topological polar surface area (TPSA) is 49.3 Å². The lowest BCUT2D eigenvalue weighted by Crippen LogP contribution is -2.05. The van der Waals surface area contributed by atoms with Gasteiger partial charge in [0.25, 0.3) is 0 Å². The summed E-state index contributed by atoms with van der Waals surface area (Å²) < 4.78 is 38.4. The van der Waals surface area contributed by atoms with Gasteiger partial charge in [-0.25, -0.2) is 18.0 Å². The van der Waals surface area contributed by atoms with E-state index in [2.05, 4.69) is 5.32 Å². The zero-order chi connectivity index (χ0) is 13.7. The molecule has 0 aliphatic carbocycles. The number of carboxylic acids is 1. The third-order valence-electron chi connectivity index (χ3n) is 2.29. The van der Waals surface area contributed by atoms with Crippen LogP contribution in [-0.2, 0) is 4.79 Å². The van der Waals surface area contributed by atoms with E-state index in [4.69, 9.17) is 5.11 Å². The summed E-state index contributed by atoms with van der Waals surface area (Å²) in [4.78, 5) is 10.7. The van der Waals surface area contributed by atoms with Crippen LogP contribution in [0.3, 0.4) is 0 Å². The fourth-order valence-corrected chi connectivity index (χ4v) is 1.33. The molecule has 18 heavy (non-hydrogen) atoms. The van der Waals surface area contributed by atoms with Crippen LogP contribution in [0.1, 0.15) is 13.3 Å². The predicted molar refractivity (Wildman–Crippen MR) is 60.8 cm³/mol. The summed E-state index contributed by atoms with van der Waals surface area (Å²) in [6.07, 6.45) is 1.73. The number of hydrogen-bond donors (Lipinski definition) is 2. The quantitative estimate of drug-likeness (QED) is 0.631. The first-order valence-corrected chi connectivity index (χ1v) is 5.26. The Morgan fingerprint density at radius 2 is 1.89 bits per heavy atom. The molecule has 1 aromatic carbocycles. The van der Waals surface area contributed by atoms with E-state index in [-0.39, 0.29) is 17.8 Å². The molecule has 98 valence electrons. The second kappa shape index (κ2) is 6.09. The number of nitrogens with one attached hydrogen (secondary N) is 1. The first-order valence-electron chi connectivity index (χ1n) is 5.26. The molecule has 1 rings (SSSR count). The number of benzene rings is 1. The molecule has 0 heterocycles. The summed E-state index contributed by atoms with van der Waals surface area (Å²) >= 11 is 0. The maximum atomic E-state index is 12.9. The van der Waals surface area contributed by atoms with Gasteiger partial charge in [-0.05, 0) is 6.42 Å². The summed E-state index contributed by atoms with van der Waals surface area (Å²) in [6.45, 7) is 1.76. The number of aliphatic carboxylic acids is 1. The standard InChI is InChI=1S/C12H12F3NO2/c1-2-7(12(17)18)3-4-16-8-5-9(13)11(15)10(14)6-8/h3,5-6,16H,2,4H2,1H3,(H,17,18)/b7-3-. The van der Waals surface area contributed by atoms with Crippen LogP contribution in [0.4, 0.5) is 18.9 Å². The molecule has 0 radical (unpaired) electrons. The summed E-state index contributed by atoms with van der Waals surface area (Å²) in [6, 6.07) is 1.61. The summed E-state index contributed by atoms with van der Waals surface area (Å²) in [5.74, 6) is -5.17. The Morgan fingerprint density at radius 1 is 1.33 bits per heavy atom. The fourth-order valence-electron chi connectivity index (χ4n) is 1.33. The van der Waals surface area contributed by atoms with E-state index in [1.807, 2.05) is 0 Å². The third kappa shape index (κ3) is 3.51. The van der Waals surface area contributed by atoms with E-state index in [9.17, 15) is 18.0 Å². The van der Waals surface area contributed by atoms with Crippen molar-refractivity contribution in [1.82, 2.24) is 0 Å². The Morgan fingerprint density at radius 3 is 2.33 bits per heavy atom. The van der Waals surface area contributed by atoms with Crippen molar-refractivity contribution in [3.05, 3.63) is 41.2 Å². The predicted octanol–water partition coefficient (Wildman–Crippen LogP) is 2.94. The molecule has 0 saturated carbocycles. The number of carboxylic acid groups (broad SMARTS) is 1. The van der Waals surface area contributed by atoms with Crippen molar-refractivity contribution in [3.8, 4) is 0 Å². The van der Waals surface area contributed by atoms with Crippen molar-refractivity contribution in [3.63, 3.8) is 0 Å². The lowest BCUT2D eigenvalue weighted by atomic mass is 10.2. The largest absolute Gasteiger partial charge is 0.478 e. The molecule has 2 N–H and O–H groups in total. The van der Waals surface area contributed by atoms with Crippen LogP contribution in [0, 0.1) is 17.5 Å². The van der Waals surface area contributed by atoms with E-state index < -0.39 is 23.4 Å². The number of carbonyl (C=O) groups is 1. The molecule has 1 aromatic rings. The zero-order valence-corrected chi connectivity index (χ0v) is 9.64. The minimum absolute atomic E-state index is 0.0449. The molecule has 0 atom stereocenters. The van der Waals surface area contributed by atoms with Gasteiger partial charge in [0.2, 0.25) is 0 Å². The highest BCUT2D eigenvalue weighted by molar-refractivity contribution is 5.86. The van der Waals surface area contributed by atoms with Gasteiger partial charge in [-0.2, -0.15) is 0 Å². The maximum Gasteiger partial charge on any atom is 0.331 e. The Balaban J connectivity index is 2.73. The van der Waals surface area contributed by atoms with E-state index >= 15 is 0 Å². The summed E-state index contributed by atoms with van der Waals surface area (Å²) in [5.41, 5.74) is 0.231. The molecular weight excluding hydrogens is 247 g/mol. The molecule has 6 heteroatoms. The van der Waals surface area contributed by atoms with Gasteiger partial charge in [0, 0.05) is 29.9 Å². The number of halogens is 3. The number of anilines is 1. The number of rotatable bonds is 5. The van der Waals surface area contributed by atoms with Crippen molar-refractivity contribution in [2.75, 3.05) is 11.9 Å². The maximum absolute atomic E-state index is 12.9. The van der Waals surface area contributed by atoms with Gasteiger partial charge in [-0.3, -0.25) is 0 Å². The molecule has 3 nitrogen and oxygen atoms in total. The van der Waals surface area contributed by atoms with Crippen LogP contribution >= 0.6 is 0 Å². The van der Waals surface area contributed by atoms with Gasteiger partial charge in [0.05, 0.1) is 0 Å². The Bertz CT molecular complexity index is 463. The van der Waals surface area contributed by atoms with Crippen LogP contribution in [0.15, 0.2) is 23.8 Å². The van der Waals surface area contributed by atoms with Crippen LogP contribution in [-0.4, -0.2) is 17.6 Å². The second-order valence-corrected chi connectivity index (χ2v) is 3.52. The zero-order valence-electron chi connectivity index (χ0n) is 9.64. The van der Waals surface area contributed by atoms with E-state index in [0.29, 0.717) is 6.42 Å². The van der Waals surface area contributed by atoms with Gasteiger partial charge in [-0.1, -0.05) is 13.0 Å². The molecule has 0 amide bonds. The molecule has 0 aliphatic heterocycles. The van der Waals surface area contributed by atoms with Gasteiger partial charge in [-0.15, -0.1) is 0 Å². The molecule has 0 saturated heterocycles. The van der Waals surface area contributed by atoms with Crippen LogP contribution in [0.5, 0.6) is 0 Å². The fraction of sp³-hybridized carbons (Fsp3) is 0.250. The van der Waals surface area contributed by atoms with Crippen molar-refractivity contribution < 1.29 is 23.1 Å². The molecule has 0 aliphatic rings. The average molecular weight is 259 g/mol. The van der Waals surface area contributed by atoms with E-state index in [1.165, 1.54) is 6.08 Å². The first-order chi connectivity index (χ1) is 8.45. The minimum atomic E-state index is -1.53. The van der Waals surface area contributed by atoms with Crippen molar-refractivity contribution >= 4 is 11.7 Å². The van der Waals surface area contributed by atoms with E-state index in [1.54, 1.807) is 6.92 Å². The smallest absolute Gasteiger partial charge is 0.331 e. The summed E-state index contributed by atoms with van der Waals surface area (Å²) in [7, 11) is 0. The Labute approximate surface area is 102 Å². The Kier molecular flexibility index (Phi) is 4.76. The van der Waals surface area contributed by atoms with Gasteiger partial charge >= 0.3 is 5.97 Å². The molecule has 0 bridgehead atoms. The van der Waals surface area contributed by atoms with Crippen LogP contribution < -0.4 is 5.32 Å². The SMILES string of the molecule is CC/C(=C/CNc1cc(F)c(F)c(F)c1)C(=O)O. The van der Waals surface area contributed by atoms with Crippen molar-refractivity contribution in [2.24, 2.45) is 0 Å². The highest BCUT2D eigenvalue weighted by Gasteiger charge is 2.10. The highest BCUT2D eigenvalue weighted by atomic mass is 19.2. The highest BCUT2D eigenvalue weighted by Crippen LogP contribution is 2.17.